The van der Waals surface area contributed by atoms with Crippen LogP contribution in [-0.2, 0) is 6.42 Å². The van der Waals surface area contributed by atoms with E-state index < -0.39 is 0 Å². The zero-order valence-electron chi connectivity index (χ0n) is 8.29. The Labute approximate surface area is 80.4 Å². The largest absolute Gasteiger partial charge is 0.317 e. The summed E-state index contributed by atoms with van der Waals surface area (Å²) in [5.41, 5.74) is 1.33. The van der Waals surface area contributed by atoms with E-state index in [4.69, 9.17) is 0 Å². The van der Waals surface area contributed by atoms with Gasteiger partial charge in [-0.1, -0.05) is 13.0 Å². The summed E-state index contributed by atoms with van der Waals surface area (Å²) >= 11 is 0. The van der Waals surface area contributed by atoms with Gasteiger partial charge in [-0.2, -0.15) is 0 Å². The van der Waals surface area contributed by atoms with Gasteiger partial charge in [0.1, 0.15) is 0 Å². The van der Waals surface area contributed by atoms with Crippen LogP contribution in [-0.4, -0.2) is 18.1 Å². The van der Waals surface area contributed by atoms with Crippen molar-refractivity contribution in [3.63, 3.8) is 0 Å². The average molecular weight is 178 g/mol. The lowest BCUT2D eigenvalue weighted by Crippen LogP contribution is -2.16. The van der Waals surface area contributed by atoms with E-state index in [1.54, 1.807) is 0 Å². The smallest absolute Gasteiger partial charge is 0.0299 e. The molecule has 0 fully saturated rings. The molecule has 0 aliphatic rings. The van der Waals surface area contributed by atoms with Gasteiger partial charge >= 0.3 is 0 Å². The third kappa shape index (κ3) is 4.63. The summed E-state index contributed by atoms with van der Waals surface area (Å²) in [6.07, 6.45) is 7.31. The minimum atomic E-state index is 1.11. The number of aromatic nitrogens is 1. The van der Waals surface area contributed by atoms with Crippen molar-refractivity contribution in [2.45, 2.75) is 26.2 Å². The van der Waals surface area contributed by atoms with Crippen molar-refractivity contribution in [3.05, 3.63) is 30.1 Å². The van der Waals surface area contributed by atoms with Gasteiger partial charge in [-0.25, -0.2) is 0 Å². The fourth-order valence-corrected chi connectivity index (χ4v) is 1.27. The molecule has 0 bridgehead atoms. The average Bonchev–Trinajstić information content (AvgIpc) is 2.19. The van der Waals surface area contributed by atoms with E-state index in [0.29, 0.717) is 0 Å². The lowest BCUT2D eigenvalue weighted by Gasteiger charge is -2.02. The maximum atomic E-state index is 4.08. The molecule has 0 saturated carbocycles. The first kappa shape index (κ1) is 10.2. The second-order valence-corrected chi connectivity index (χ2v) is 3.21. The molecule has 0 spiro atoms. The number of nitrogens with one attached hydrogen (secondary N) is 1. The highest BCUT2D eigenvalue weighted by atomic mass is 14.8. The monoisotopic (exact) mass is 178 g/mol. The van der Waals surface area contributed by atoms with Crippen molar-refractivity contribution in [1.82, 2.24) is 10.3 Å². The predicted octanol–water partition coefficient (Wildman–Crippen LogP) is 2.01. The van der Waals surface area contributed by atoms with Gasteiger partial charge in [0.25, 0.3) is 0 Å². The van der Waals surface area contributed by atoms with Crippen molar-refractivity contribution >= 4 is 0 Å². The molecule has 1 aromatic heterocycles. The topological polar surface area (TPSA) is 24.9 Å². The maximum Gasteiger partial charge on any atom is 0.0299 e. The minimum Gasteiger partial charge on any atom is -0.317 e. The van der Waals surface area contributed by atoms with Gasteiger partial charge in [0.2, 0.25) is 0 Å². The minimum absolute atomic E-state index is 1.11. The number of nitrogens with zero attached hydrogens (tertiary/aromatic N) is 1. The zero-order valence-corrected chi connectivity index (χ0v) is 8.29. The van der Waals surface area contributed by atoms with Gasteiger partial charge in [-0.15, -0.1) is 0 Å². The number of hydrogen-bond acceptors (Lipinski definition) is 2. The van der Waals surface area contributed by atoms with Gasteiger partial charge in [0, 0.05) is 12.4 Å². The molecule has 0 radical (unpaired) electrons. The summed E-state index contributed by atoms with van der Waals surface area (Å²) in [4.78, 5) is 4.08. The number of pyridine rings is 1. The Bertz CT molecular complexity index is 209. The first-order chi connectivity index (χ1) is 6.43. The Kier molecular flexibility index (Phi) is 5.18. The second kappa shape index (κ2) is 6.61. The van der Waals surface area contributed by atoms with Gasteiger partial charge in [0.05, 0.1) is 0 Å². The lowest BCUT2D eigenvalue weighted by atomic mass is 10.1. The molecule has 0 unspecified atom stereocenters. The van der Waals surface area contributed by atoms with Crippen LogP contribution in [0, 0.1) is 0 Å². The standard InChI is InChI=1S/C11H18N2/c1-2-7-12-8-3-5-11-6-4-9-13-10-11/h4,6,9-10,12H,2-3,5,7-8H2,1H3. The molecule has 1 heterocycles. The maximum absolute atomic E-state index is 4.08. The SMILES string of the molecule is CCCNCCCc1cccnc1. The molecular formula is C11H18N2. The second-order valence-electron chi connectivity index (χ2n) is 3.21. The van der Waals surface area contributed by atoms with Crippen LogP contribution in [0.1, 0.15) is 25.3 Å². The molecule has 72 valence electrons. The van der Waals surface area contributed by atoms with Crippen molar-refractivity contribution in [3.8, 4) is 0 Å². The van der Waals surface area contributed by atoms with Crippen LogP contribution in [0.15, 0.2) is 24.5 Å². The molecule has 2 nitrogen and oxygen atoms in total. The molecule has 0 aliphatic heterocycles. The quantitative estimate of drug-likeness (QED) is 0.674. The van der Waals surface area contributed by atoms with Crippen molar-refractivity contribution in [2.24, 2.45) is 0 Å². The Hall–Kier alpha value is -0.890. The summed E-state index contributed by atoms with van der Waals surface area (Å²) < 4.78 is 0. The van der Waals surface area contributed by atoms with Crippen molar-refractivity contribution < 1.29 is 0 Å². The fraction of sp³-hybridized carbons (Fsp3) is 0.545. The fourth-order valence-electron chi connectivity index (χ4n) is 1.27. The lowest BCUT2D eigenvalue weighted by molar-refractivity contribution is 0.639. The van der Waals surface area contributed by atoms with Crippen LogP contribution in [0.4, 0.5) is 0 Å². The summed E-state index contributed by atoms with van der Waals surface area (Å²) in [7, 11) is 0. The van der Waals surface area contributed by atoms with Crippen LogP contribution in [0.25, 0.3) is 0 Å². The Morgan fingerprint density at radius 3 is 3.00 bits per heavy atom. The molecular weight excluding hydrogens is 160 g/mol. The van der Waals surface area contributed by atoms with E-state index in [1.165, 1.54) is 18.4 Å². The third-order valence-corrected chi connectivity index (χ3v) is 1.97. The van der Waals surface area contributed by atoms with Crippen LogP contribution < -0.4 is 5.32 Å². The predicted molar refractivity (Wildman–Crippen MR) is 55.7 cm³/mol. The molecule has 1 N–H and O–H groups in total. The normalized spacial score (nSPS) is 10.2. The Morgan fingerprint density at radius 1 is 1.38 bits per heavy atom. The number of aryl methyl sites for hydroxylation is 1. The molecule has 1 rings (SSSR count). The van der Waals surface area contributed by atoms with E-state index >= 15 is 0 Å². The van der Waals surface area contributed by atoms with Gasteiger partial charge in [-0.3, -0.25) is 4.98 Å². The Morgan fingerprint density at radius 2 is 2.31 bits per heavy atom. The van der Waals surface area contributed by atoms with Gasteiger partial charge in [-0.05, 0) is 44.0 Å². The summed E-state index contributed by atoms with van der Waals surface area (Å²) in [6, 6.07) is 4.13. The highest BCUT2D eigenvalue weighted by Gasteiger charge is 1.91. The highest BCUT2D eigenvalue weighted by Crippen LogP contribution is 1.98. The van der Waals surface area contributed by atoms with E-state index in [1.807, 2.05) is 18.5 Å². The van der Waals surface area contributed by atoms with Crippen LogP contribution >= 0.6 is 0 Å². The van der Waals surface area contributed by atoms with Crippen LogP contribution in [0.2, 0.25) is 0 Å². The zero-order chi connectivity index (χ0) is 9.36. The molecule has 0 atom stereocenters. The summed E-state index contributed by atoms with van der Waals surface area (Å²) in [5, 5.41) is 3.38. The molecule has 13 heavy (non-hydrogen) atoms. The highest BCUT2D eigenvalue weighted by molar-refractivity contribution is 5.08. The van der Waals surface area contributed by atoms with E-state index in [0.717, 1.165) is 19.5 Å². The first-order valence-electron chi connectivity index (χ1n) is 5.03. The van der Waals surface area contributed by atoms with E-state index in [9.17, 15) is 0 Å². The van der Waals surface area contributed by atoms with Gasteiger partial charge in [0.15, 0.2) is 0 Å². The van der Waals surface area contributed by atoms with Crippen LogP contribution in [0.3, 0.4) is 0 Å². The van der Waals surface area contributed by atoms with Crippen molar-refractivity contribution in [1.29, 1.82) is 0 Å². The molecule has 0 aliphatic carbocycles. The number of hydrogen-bond donors (Lipinski definition) is 1. The third-order valence-electron chi connectivity index (χ3n) is 1.97. The van der Waals surface area contributed by atoms with E-state index in [-0.39, 0.29) is 0 Å². The Balaban J connectivity index is 2.07. The molecule has 0 aromatic carbocycles. The van der Waals surface area contributed by atoms with Gasteiger partial charge < -0.3 is 5.32 Å². The first-order valence-corrected chi connectivity index (χ1v) is 5.03. The van der Waals surface area contributed by atoms with Crippen molar-refractivity contribution in [2.75, 3.05) is 13.1 Å². The molecule has 2 heteroatoms. The molecule has 1 aromatic rings. The van der Waals surface area contributed by atoms with Crippen LogP contribution in [0.5, 0.6) is 0 Å². The van der Waals surface area contributed by atoms with E-state index in [2.05, 4.69) is 23.3 Å². The summed E-state index contributed by atoms with van der Waals surface area (Å²) in [5.74, 6) is 0. The summed E-state index contributed by atoms with van der Waals surface area (Å²) in [6.45, 7) is 4.43. The molecule has 0 saturated heterocycles. The number of rotatable bonds is 6. The molecule has 0 amide bonds.